The van der Waals surface area contributed by atoms with Gasteiger partial charge < -0.3 is 10.1 Å². The number of hydrogen-bond donors (Lipinski definition) is 1. The molecule has 0 aliphatic heterocycles. The lowest BCUT2D eigenvalue weighted by Crippen LogP contribution is -2.20. The van der Waals surface area contributed by atoms with Crippen LogP contribution in [0.5, 0.6) is 5.75 Å². The van der Waals surface area contributed by atoms with Crippen LogP contribution in [0.1, 0.15) is 11.6 Å². The first kappa shape index (κ1) is 15.8. The Morgan fingerprint density at radius 3 is 2.48 bits per heavy atom. The lowest BCUT2D eigenvalue weighted by Gasteiger charge is -2.18. The van der Waals surface area contributed by atoms with Gasteiger partial charge in [0.1, 0.15) is 5.82 Å². The molecule has 1 unspecified atom stereocenters. The van der Waals surface area contributed by atoms with E-state index in [1.54, 1.807) is 49.1 Å². The molecule has 0 aromatic heterocycles. The van der Waals surface area contributed by atoms with Crippen molar-refractivity contribution in [3.63, 3.8) is 0 Å². The van der Waals surface area contributed by atoms with Gasteiger partial charge in [-0.25, -0.2) is 8.78 Å². The molecule has 1 atom stereocenters. The van der Waals surface area contributed by atoms with Gasteiger partial charge in [0.2, 0.25) is 0 Å². The van der Waals surface area contributed by atoms with Crippen molar-refractivity contribution >= 4 is 11.8 Å². The summed E-state index contributed by atoms with van der Waals surface area (Å²) in [6.07, 6.45) is 0. The molecule has 0 radical (unpaired) electrons. The molecule has 2 aromatic carbocycles. The molecule has 0 saturated heterocycles. The Balaban J connectivity index is 2.11. The molecular formula is C16H17F2NOS. The van der Waals surface area contributed by atoms with Crippen molar-refractivity contribution in [2.24, 2.45) is 0 Å². The van der Waals surface area contributed by atoms with E-state index in [1.807, 2.05) is 0 Å². The molecule has 0 spiro atoms. The highest BCUT2D eigenvalue weighted by molar-refractivity contribution is 7.99. The number of nitrogens with one attached hydrogen (secondary N) is 1. The summed E-state index contributed by atoms with van der Waals surface area (Å²) in [4.78, 5) is 0.944. The minimum atomic E-state index is -0.348. The topological polar surface area (TPSA) is 21.3 Å². The van der Waals surface area contributed by atoms with Gasteiger partial charge in [-0.2, -0.15) is 0 Å². The van der Waals surface area contributed by atoms with Gasteiger partial charge in [-0.05, 0) is 37.4 Å². The highest BCUT2D eigenvalue weighted by Gasteiger charge is 2.17. The number of benzene rings is 2. The maximum Gasteiger partial charge on any atom is 0.169 e. The average Bonchev–Trinajstić information content (AvgIpc) is 2.51. The van der Waals surface area contributed by atoms with Crippen molar-refractivity contribution in [3.8, 4) is 5.75 Å². The van der Waals surface area contributed by atoms with Gasteiger partial charge in [0.15, 0.2) is 11.6 Å². The molecule has 0 bridgehead atoms. The normalized spacial score (nSPS) is 12.2. The number of rotatable bonds is 6. The summed E-state index contributed by atoms with van der Waals surface area (Å²) in [5.74, 6) is 0.258. The van der Waals surface area contributed by atoms with E-state index in [4.69, 9.17) is 4.74 Å². The first-order chi connectivity index (χ1) is 10.2. The molecule has 0 fully saturated rings. The molecule has 2 nitrogen and oxygen atoms in total. The molecule has 0 aliphatic rings. The third-order valence-electron chi connectivity index (χ3n) is 3.17. The Morgan fingerprint density at radius 2 is 1.86 bits per heavy atom. The van der Waals surface area contributed by atoms with Crippen LogP contribution in [0.4, 0.5) is 8.78 Å². The standard InChI is InChI=1S/C16H17F2NOS/c1-19-14(10-21-12-8-6-11(17)7-9-12)13-4-3-5-15(20-2)16(13)18/h3-9,14,19H,10H2,1-2H3. The first-order valence-electron chi connectivity index (χ1n) is 6.53. The third kappa shape index (κ3) is 3.95. The van der Waals surface area contributed by atoms with Gasteiger partial charge >= 0.3 is 0 Å². The predicted octanol–water partition coefficient (Wildman–Crippen LogP) is 4.03. The van der Waals surface area contributed by atoms with E-state index < -0.39 is 0 Å². The monoisotopic (exact) mass is 309 g/mol. The molecule has 0 saturated carbocycles. The summed E-state index contributed by atoms with van der Waals surface area (Å²) in [6.45, 7) is 0. The summed E-state index contributed by atoms with van der Waals surface area (Å²) in [6, 6.07) is 11.2. The molecule has 0 amide bonds. The second kappa shape index (κ2) is 7.43. The third-order valence-corrected chi connectivity index (χ3v) is 4.27. The van der Waals surface area contributed by atoms with E-state index in [0.29, 0.717) is 11.3 Å². The zero-order valence-corrected chi connectivity index (χ0v) is 12.7. The Hall–Kier alpha value is -1.59. The molecule has 0 aliphatic carbocycles. The highest BCUT2D eigenvalue weighted by Crippen LogP contribution is 2.29. The van der Waals surface area contributed by atoms with Gasteiger partial charge in [0.25, 0.3) is 0 Å². The van der Waals surface area contributed by atoms with Crippen molar-refractivity contribution in [2.75, 3.05) is 19.9 Å². The van der Waals surface area contributed by atoms with Gasteiger partial charge in [0, 0.05) is 22.3 Å². The maximum absolute atomic E-state index is 14.3. The van der Waals surface area contributed by atoms with Gasteiger partial charge in [-0.3, -0.25) is 0 Å². The van der Waals surface area contributed by atoms with Crippen LogP contribution in [0.2, 0.25) is 0 Å². The van der Waals surface area contributed by atoms with Crippen molar-refractivity contribution in [2.45, 2.75) is 10.9 Å². The summed E-state index contributed by atoms with van der Waals surface area (Å²) in [7, 11) is 3.23. The van der Waals surface area contributed by atoms with Crippen LogP contribution in [-0.2, 0) is 0 Å². The van der Waals surface area contributed by atoms with Gasteiger partial charge in [-0.1, -0.05) is 12.1 Å². The fourth-order valence-electron chi connectivity index (χ4n) is 1.99. The van der Waals surface area contributed by atoms with E-state index >= 15 is 0 Å². The Labute approximate surface area is 127 Å². The summed E-state index contributed by atoms with van der Waals surface area (Å²) in [5, 5.41) is 3.10. The predicted molar refractivity (Wildman–Crippen MR) is 81.9 cm³/mol. The highest BCUT2D eigenvalue weighted by atomic mass is 32.2. The van der Waals surface area contributed by atoms with E-state index in [9.17, 15) is 8.78 Å². The van der Waals surface area contributed by atoms with E-state index in [1.165, 1.54) is 19.2 Å². The van der Waals surface area contributed by atoms with E-state index in [2.05, 4.69) is 5.32 Å². The molecule has 1 N–H and O–H groups in total. The van der Waals surface area contributed by atoms with Crippen molar-refractivity contribution < 1.29 is 13.5 Å². The average molecular weight is 309 g/mol. The van der Waals surface area contributed by atoms with Crippen LogP contribution in [0, 0.1) is 11.6 Å². The Bertz CT molecular complexity index is 589. The zero-order chi connectivity index (χ0) is 15.2. The number of halogens is 2. The first-order valence-corrected chi connectivity index (χ1v) is 7.52. The molecule has 2 rings (SSSR count). The fourth-order valence-corrected chi connectivity index (χ4v) is 3.03. The van der Waals surface area contributed by atoms with Crippen molar-refractivity contribution in [1.29, 1.82) is 0 Å². The molecule has 0 heterocycles. The molecule has 2 aromatic rings. The lowest BCUT2D eigenvalue weighted by atomic mass is 10.1. The van der Waals surface area contributed by atoms with Crippen LogP contribution in [0.15, 0.2) is 47.4 Å². The minimum Gasteiger partial charge on any atom is -0.494 e. The molecular weight excluding hydrogens is 292 g/mol. The largest absolute Gasteiger partial charge is 0.494 e. The second-order valence-electron chi connectivity index (χ2n) is 4.47. The Morgan fingerprint density at radius 1 is 1.14 bits per heavy atom. The molecule has 21 heavy (non-hydrogen) atoms. The number of methoxy groups -OCH3 is 1. The summed E-state index contributed by atoms with van der Waals surface area (Å²) >= 11 is 1.54. The second-order valence-corrected chi connectivity index (χ2v) is 5.56. The van der Waals surface area contributed by atoms with Crippen LogP contribution < -0.4 is 10.1 Å². The van der Waals surface area contributed by atoms with E-state index in [0.717, 1.165) is 4.90 Å². The van der Waals surface area contributed by atoms with Crippen molar-refractivity contribution in [3.05, 3.63) is 59.7 Å². The van der Waals surface area contributed by atoms with Crippen LogP contribution in [-0.4, -0.2) is 19.9 Å². The number of thioether (sulfide) groups is 1. The molecule has 112 valence electrons. The quantitative estimate of drug-likeness (QED) is 0.814. The minimum absolute atomic E-state index is 0.157. The van der Waals surface area contributed by atoms with Gasteiger partial charge in [-0.15, -0.1) is 11.8 Å². The lowest BCUT2D eigenvalue weighted by molar-refractivity contribution is 0.381. The van der Waals surface area contributed by atoms with Crippen molar-refractivity contribution in [1.82, 2.24) is 5.32 Å². The van der Waals surface area contributed by atoms with E-state index in [-0.39, 0.29) is 23.4 Å². The number of hydrogen-bond acceptors (Lipinski definition) is 3. The fraction of sp³-hybridized carbons (Fsp3) is 0.250. The van der Waals surface area contributed by atoms with Crippen LogP contribution in [0.3, 0.4) is 0 Å². The number of ether oxygens (including phenoxy) is 1. The zero-order valence-electron chi connectivity index (χ0n) is 11.9. The summed E-state index contributed by atoms with van der Waals surface area (Å²) in [5.41, 5.74) is 0.562. The van der Waals surface area contributed by atoms with Gasteiger partial charge in [0.05, 0.1) is 7.11 Å². The Kier molecular flexibility index (Phi) is 5.59. The maximum atomic E-state index is 14.3. The van der Waals surface area contributed by atoms with Crippen LogP contribution >= 0.6 is 11.8 Å². The SMILES string of the molecule is CNC(CSc1ccc(F)cc1)c1cccc(OC)c1F. The van der Waals surface area contributed by atoms with Crippen LogP contribution in [0.25, 0.3) is 0 Å². The summed E-state index contributed by atoms with van der Waals surface area (Å²) < 4.78 is 32.1. The smallest absolute Gasteiger partial charge is 0.169 e. The molecule has 5 heteroatoms.